The van der Waals surface area contributed by atoms with Crippen LogP contribution in [-0.2, 0) is 5.75 Å². The molecule has 0 unspecified atom stereocenters. The number of nitrogens with zero attached hydrogens (tertiary/aromatic N) is 3. The van der Waals surface area contributed by atoms with Crippen LogP contribution < -0.4 is 5.56 Å². The van der Waals surface area contributed by atoms with Crippen LogP contribution in [0.4, 0.5) is 0 Å². The van der Waals surface area contributed by atoms with Crippen molar-refractivity contribution in [3.63, 3.8) is 0 Å². The zero-order valence-corrected chi connectivity index (χ0v) is 16.7. The summed E-state index contributed by atoms with van der Waals surface area (Å²) in [7, 11) is 0. The van der Waals surface area contributed by atoms with E-state index in [9.17, 15) is 4.79 Å². The molecule has 0 fully saturated rings. The fourth-order valence-electron chi connectivity index (χ4n) is 3.23. The Kier molecular flexibility index (Phi) is 5.26. The number of thioether (sulfide) groups is 1. The molecule has 140 valence electrons. The van der Waals surface area contributed by atoms with Gasteiger partial charge in [0.2, 0.25) is 0 Å². The molecule has 0 saturated heterocycles. The fourth-order valence-corrected chi connectivity index (χ4v) is 4.17. The van der Waals surface area contributed by atoms with Gasteiger partial charge in [0, 0.05) is 18.1 Å². The molecule has 5 heteroatoms. The van der Waals surface area contributed by atoms with Crippen LogP contribution in [0.2, 0.25) is 0 Å². The Hall–Kier alpha value is -2.92. The van der Waals surface area contributed by atoms with Crippen molar-refractivity contribution in [2.45, 2.75) is 30.7 Å². The third kappa shape index (κ3) is 3.58. The maximum Gasteiger partial charge on any atom is 0.266 e. The van der Waals surface area contributed by atoms with Gasteiger partial charge in [-0.3, -0.25) is 14.3 Å². The lowest BCUT2D eigenvalue weighted by molar-refractivity contribution is 0.780. The molecular weight excluding hydrogens is 366 g/mol. The largest absolute Gasteiger partial charge is 0.268 e. The van der Waals surface area contributed by atoms with Crippen LogP contribution in [0.3, 0.4) is 0 Å². The van der Waals surface area contributed by atoms with Crippen molar-refractivity contribution in [2.24, 2.45) is 0 Å². The summed E-state index contributed by atoms with van der Waals surface area (Å²) in [5.41, 5.74) is 3.81. The lowest BCUT2D eigenvalue weighted by Crippen LogP contribution is -2.23. The molecular formula is C23H21N3OS. The number of aromatic nitrogens is 3. The molecule has 2 aromatic heterocycles. The number of pyridine rings is 1. The highest BCUT2D eigenvalue weighted by atomic mass is 32.2. The molecule has 2 heterocycles. The van der Waals surface area contributed by atoms with E-state index in [1.807, 2.05) is 60.8 Å². The number of hydrogen-bond donors (Lipinski definition) is 0. The summed E-state index contributed by atoms with van der Waals surface area (Å²) in [5.74, 6) is 0.994. The van der Waals surface area contributed by atoms with Gasteiger partial charge in [-0.2, -0.15) is 0 Å². The minimum atomic E-state index is -0.0348. The third-order valence-electron chi connectivity index (χ3n) is 4.64. The van der Waals surface area contributed by atoms with Gasteiger partial charge < -0.3 is 0 Å². The predicted molar refractivity (Wildman–Crippen MR) is 115 cm³/mol. The highest BCUT2D eigenvalue weighted by Gasteiger charge is 2.17. The lowest BCUT2D eigenvalue weighted by Gasteiger charge is -2.18. The molecule has 0 aliphatic rings. The highest BCUT2D eigenvalue weighted by molar-refractivity contribution is 7.98. The average molecular weight is 388 g/mol. The van der Waals surface area contributed by atoms with Crippen molar-refractivity contribution in [1.29, 1.82) is 0 Å². The lowest BCUT2D eigenvalue weighted by atomic mass is 10.0. The van der Waals surface area contributed by atoms with E-state index < -0.39 is 0 Å². The molecule has 0 saturated carbocycles. The average Bonchev–Trinajstić information content (AvgIpc) is 2.73. The van der Waals surface area contributed by atoms with E-state index in [-0.39, 0.29) is 5.56 Å². The van der Waals surface area contributed by atoms with Crippen molar-refractivity contribution in [3.05, 3.63) is 94.5 Å². The van der Waals surface area contributed by atoms with Crippen LogP contribution in [0.25, 0.3) is 16.6 Å². The molecule has 4 rings (SSSR count). The van der Waals surface area contributed by atoms with E-state index in [1.54, 1.807) is 22.5 Å². The number of fused-ring (bicyclic) bond motifs is 1. The molecule has 28 heavy (non-hydrogen) atoms. The Morgan fingerprint density at radius 2 is 1.79 bits per heavy atom. The van der Waals surface area contributed by atoms with Crippen molar-refractivity contribution >= 4 is 22.7 Å². The van der Waals surface area contributed by atoms with Crippen LogP contribution in [0.1, 0.15) is 30.9 Å². The molecule has 0 aliphatic carbocycles. The molecule has 0 bridgehead atoms. The summed E-state index contributed by atoms with van der Waals surface area (Å²) >= 11 is 1.56. The van der Waals surface area contributed by atoms with E-state index in [2.05, 4.69) is 24.9 Å². The zero-order valence-electron chi connectivity index (χ0n) is 15.9. The Balaban J connectivity index is 1.91. The molecule has 2 aromatic carbocycles. The topological polar surface area (TPSA) is 47.8 Å². The minimum Gasteiger partial charge on any atom is -0.268 e. The van der Waals surface area contributed by atoms with Crippen molar-refractivity contribution in [2.75, 3.05) is 0 Å². The van der Waals surface area contributed by atoms with Gasteiger partial charge in [-0.05, 0) is 41.3 Å². The number of hydrogen-bond acceptors (Lipinski definition) is 4. The number of para-hydroxylation sites is 2. The second-order valence-corrected chi connectivity index (χ2v) is 7.86. The quantitative estimate of drug-likeness (QED) is 0.349. The van der Waals surface area contributed by atoms with Crippen LogP contribution in [-0.4, -0.2) is 14.5 Å². The summed E-state index contributed by atoms with van der Waals surface area (Å²) in [4.78, 5) is 22.4. The summed E-state index contributed by atoms with van der Waals surface area (Å²) in [5, 5.41) is 1.33. The molecule has 4 aromatic rings. The monoisotopic (exact) mass is 387 g/mol. The Morgan fingerprint density at radius 1 is 1.00 bits per heavy atom. The molecule has 0 amide bonds. The Labute approximate surface area is 168 Å². The summed E-state index contributed by atoms with van der Waals surface area (Å²) < 4.78 is 1.76. The van der Waals surface area contributed by atoms with E-state index in [0.29, 0.717) is 22.2 Å². The van der Waals surface area contributed by atoms with Gasteiger partial charge in [-0.15, -0.1) is 0 Å². The first kappa shape index (κ1) is 18.4. The Morgan fingerprint density at radius 3 is 2.57 bits per heavy atom. The maximum absolute atomic E-state index is 13.4. The van der Waals surface area contributed by atoms with E-state index >= 15 is 0 Å². The minimum absolute atomic E-state index is 0.0348. The second-order valence-electron chi connectivity index (χ2n) is 6.92. The van der Waals surface area contributed by atoms with Crippen molar-refractivity contribution in [3.8, 4) is 5.69 Å². The standard InChI is InChI=1S/C23H21N3OS/c1-16(2)18-9-4-6-12-21(18)26-22(27)19-10-3-5-11-20(19)25-23(26)28-15-17-8-7-13-24-14-17/h3-14,16H,15H2,1-2H3. The molecule has 0 radical (unpaired) electrons. The molecule has 0 spiro atoms. The van der Waals surface area contributed by atoms with Gasteiger partial charge in [0.05, 0.1) is 16.6 Å². The summed E-state index contributed by atoms with van der Waals surface area (Å²) in [6.45, 7) is 4.28. The molecule has 4 nitrogen and oxygen atoms in total. The zero-order chi connectivity index (χ0) is 19.5. The number of benzene rings is 2. The first-order valence-corrected chi connectivity index (χ1v) is 10.3. The van der Waals surface area contributed by atoms with Crippen LogP contribution in [0, 0.1) is 0 Å². The smallest absolute Gasteiger partial charge is 0.266 e. The molecule has 0 aliphatic heterocycles. The van der Waals surface area contributed by atoms with Crippen molar-refractivity contribution < 1.29 is 0 Å². The van der Waals surface area contributed by atoms with Gasteiger partial charge in [0.25, 0.3) is 5.56 Å². The van der Waals surface area contributed by atoms with E-state index in [0.717, 1.165) is 22.3 Å². The summed E-state index contributed by atoms with van der Waals surface area (Å²) in [6.07, 6.45) is 3.61. The van der Waals surface area contributed by atoms with Crippen LogP contribution in [0.15, 0.2) is 83.0 Å². The predicted octanol–water partition coefficient (Wildman–Crippen LogP) is 5.20. The van der Waals surface area contributed by atoms with Crippen LogP contribution in [0.5, 0.6) is 0 Å². The van der Waals surface area contributed by atoms with Crippen molar-refractivity contribution in [1.82, 2.24) is 14.5 Å². The van der Waals surface area contributed by atoms with Gasteiger partial charge in [0.15, 0.2) is 5.16 Å². The van der Waals surface area contributed by atoms with Gasteiger partial charge in [-0.25, -0.2) is 4.98 Å². The van der Waals surface area contributed by atoms with Gasteiger partial charge >= 0.3 is 0 Å². The van der Waals surface area contributed by atoms with E-state index in [1.165, 1.54) is 0 Å². The SMILES string of the molecule is CC(C)c1ccccc1-n1c(SCc2cccnc2)nc2ccccc2c1=O. The maximum atomic E-state index is 13.4. The molecule has 0 N–H and O–H groups in total. The third-order valence-corrected chi connectivity index (χ3v) is 5.65. The molecule has 0 atom stereocenters. The normalized spacial score (nSPS) is 11.2. The summed E-state index contributed by atoms with van der Waals surface area (Å²) in [6, 6.07) is 19.6. The second kappa shape index (κ2) is 7.98. The van der Waals surface area contributed by atoms with Gasteiger partial charge in [0.1, 0.15) is 0 Å². The van der Waals surface area contributed by atoms with Gasteiger partial charge in [-0.1, -0.05) is 62.0 Å². The fraction of sp³-hybridized carbons (Fsp3) is 0.174. The van der Waals surface area contributed by atoms with E-state index in [4.69, 9.17) is 4.98 Å². The highest BCUT2D eigenvalue weighted by Crippen LogP contribution is 2.28. The first-order valence-electron chi connectivity index (χ1n) is 9.28. The Bertz CT molecular complexity index is 1170. The first-order chi connectivity index (χ1) is 13.6. The van der Waals surface area contributed by atoms with Crippen LogP contribution >= 0.6 is 11.8 Å². The number of rotatable bonds is 5.